The van der Waals surface area contributed by atoms with Crippen molar-refractivity contribution in [1.82, 2.24) is 25.3 Å². The van der Waals surface area contributed by atoms with E-state index in [0.29, 0.717) is 25.3 Å². The minimum Gasteiger partial charge on any atom is -0.481 e. The Morgan fingerprint density at radius 3 is 2.03 bits per heavy atom. The van der Waals surface area contributed by atoms with Crippen molar-refractivity contribution in [2.75, 3.05) is 41.4 Å². The SMILES string of the molecule is CC[C@H](C)[C@@H]([C@@H](CC(=O)N1CCC[C@H]1[C@H](OC)[C@@H](C)C(=O)N[C@H](CC(=O)O)Cc1ccccc1)OC)N(C)C(=O)[C@@H](NC(=O)[C@H](C(C)C)N(C)CC[C@H](C)CC(C)(C)C)C(C)C. The fourth-order valence-electron chi connectivity index (χ4n) is 9.62. The molecule has 4 amide bonds. The first-order valence-electron chi connectivity index (χ1n) is 23.2. The van der Waals surface area contributed by atoms with Gasteiger partial charge in [0.2, 0.25) is 23.6 Å². The average Bonchev–Trinajstić information content (AvgIpc) is 3.67. The molecule has 13 heteroatoms. The van der Waals surface area contributed by atoms with Crippen LogP contribution in [0.2, 0.25) is 0 Å². The summed E-state index contributed by atoms with van der Waals surface area (Å²) in [5.74, 6) is -2.32. The number of carboxylic acid groups (broad SMARTS) is 1. The van der Waals surface area contributed by atoms with E-state index in [1.54, 1.807) is 30.9 Å². The summed E-state index contributed by atoms with van der Waals surface area (Å²) in [6.07, 6.45) is 2.98. The van der Waals surface area contributed by atoms with Gasteiger partial charge in [-0.05, 0) is 80.3 Å². The molecule has 0 bridgehead atoms. The lowest BCUT2D eigenvalue weighted by atomic mass is 9.84. The number of rotatable bonds is 26. The lowest BCUT2D eigenvalue weighted by Gasteiger charge is -2.41. The molecule has 0 spiro atoms. The van der Waals surface area contributed by atoms with Crippen molar-refractivity contribution in [3.05, 3.63) is 35.9 Å². The van der Waals surface area contributed by atoms with Gasteiger partial charge in [0.05, 0.1) is 49.1 Å². The lowest BCUT2D eigenvalue weighted by molar-refractivity contribution is -0.148. The number of carbonyl (C=O) groups excluding carboxylic acids is 4. The van der Waals surface area contributed by atoms with E-state index in [4.69, 9.17) is 9.47 Å². The highest BCUT2D eigenvalue weighted by atomic mass is 16.5. The molecule has 0 aromatic heterocycles. The molecule has 0 aliphatic carbocycles. The van der Waals surface area contributed by atoms with Crippen molar-refractivity contribution >= 4 is 29.6 Å². The van der Waals surface area contributed by atoms with Crippen LogP contribution in [0.5, 0.6) is 0 Å². The first kappa shape index (κ1) is 54.6. The minimum atomic E-state index is -1.01. The zero-order valence-electron chi connectivity index (χ0n) is 41.0. The van der Waals surface area contributed by atoms with E-state index in [1.807, 2.05) is 78.9 Å². The van der Waals surface area contributed by atoms with Crippen molar-refractivity contribution in [1.29, 1.82) is 0 Å². The highest BCUT2D eigenvalue weighted by Crippen LogP contribution is 2.30. The zero-order chi connectivity index (χ0) is 47.1. The number of carboxylic acids is 1. The van der Waals surface area contributed by atoms with Crippen LogP contribution in [-0.2, 0) is 39.9 Å². The quantitative estimate of drug-likeness (QED) is 0.0926. The molecule has 1 aromatic rings. The molecule has 62 heavy (non-hydrogen) atoms. The summed E-state index contributed by atoms with van der Waals surface area (Å²) in [6, 6.07) is 6.74. The Balaban J connectivity index is 2.27. The van der Waals surface area contributed by atoms with Gasteiger partial charge in [-0.3, -0.25) is 28.9 Å². The number of nitrogens with one attached hydrogen (secondary N) is 2. The van der Waals surface area contributed by atoms with E-state index in [9.17, 15) is 29.1 Å². The number of nitrogens with zero attached hydrogens (tertiary/aromatic N) is 3. The van der Waals surface area contributed by atoms with Gasteiger partial charge in [-0.1, -0.05) is 113 Å². The van der Waals surface area contributed by atoms with Crippen LogP contribution in [0.3, 0.4) is 0 Å². The zero-order valence-corrected chi connectivity index (χ0v) is 41.0. The molecule has 1 heterocycles. The number of likely N-dealkylation sites (tertiary alicyclic amines) is 1. The van der Waals surface area contributed by atoms with E-state index < -0.39 is 54.3 Å². The van der Waals surface area contributed by atoms with Gasteiger partial charge in [0, 0.05) is 33.9 Å². The average molecular weight is 872 g/mol. The molecule has 354 valence electrons. The number of methoxy groups -OCH3 is 2. The standard InChI is InChI=1S/C49H85N5O8/c1-16-34(7)44(53(13)48(60)42(31(2)3)51-47(59)43(32(4)5)52(12)26-24-33(6)30-49(9,10)11)39(61-14)29-40(55)54-25-20-23-38(54)45(62-15)35(8)46(58)50-37(28-41(56)57)27-36-21-18-17-19-22-36/h17-19,21-22,31-35,37-39,42-45H,16,20,23-30H2,1-15H3,(H,50,58)(H,51,59)(H,56,57)/t33-,34-,35+,37-,38-,39+,42-,43-,44-,45+/m0/s1. The molecule has 1 aliphatic heterocycles. The molecule has 0 saturated carbocycles. The van der Waals surface area contributed by atoms with Crippen LogP contribution in [0.4, 0.5) is 0 Å². The summed E-state index contributed by atoms with van der Waals surface area (Å²) >= 11 is 0. The van der Waals surface area contributed by atoms with Gasteiger partial charge in [0.15, 0.2) is 0 Å². The van der Waals surface area contributed by atoms with Crippen LogP contribution in [0.1, 0.15) is 127 Å². The van der Waals surface area contributed by atoms with Gasteiger partial charge >= 0.3 is 5.97 Å². The summed E-state index contributed by atoms with van der Waals surface area (Å²) in [5.41, 5.74) is 1.15. The molecule has 3 N–H and O–H groups in total. The Bertz CT molecular complexity index is 1550. The monoisotopic (exact) mass is 872 g/mol. The van der Waals surface area contributed by atoms with Crippen LogP contribution >= 0.6 is 0 Å². The first-order valence-corrected chi connectivity index (χ1v) is 23.2. The Labute approximate surface area is 374 Å². The number of hydrogen-bond donors (Lipinski definition) is 3. The molecule has 0 unspecified atom stereocenters. The predicted octanol–water partition coefficient (Wildman–Crippen LogP) is 6.67. The molecule has 1 saturated heterocycles. The molecule has 0 radical (unpaired) electrons. The van der Waals surface area contributed by atoms with Crippen LogP contribution in [0, 0.1) is 35.0 Å². The molecule has 10 atom stereocenters. The smallest absolute Gasteiger partial charge is 0.305 e. The topological polar surface area (TPSA) is 158 Å². The summed E-state index contributed by atoms with van der Waals surface area (Å²) in [6.45, 7) is 24.1. The summed E-state index contributed by atoms with van der Waals surface area (Å²) in [5, 5.41) is 15.7. The van der Waals surface area contributed by atoms with Crippen LogP contribution < -0.4 is 10.6 Å². The van der Waals surface area contributed by atoms with Crippen LogP contribution in [-0.4, -0.2) is 133 Å². The lowest BCUT2D eigenvalue weighted by Crippen LogP contribution is -2.60. The maximum absolute atomic E-state index is 14.6. The number of aliphatic carboxylic acids is 1. The molecule has 13 nitrogen and oxygen atoms in total. The highest BCUT2D eigenvalue weighted by molar-refractivity contribution is 5.90. The second-order valence-corrected chi connectivity index (χ2v) is 20.1. The van der Waals surface area contributed by atoms with Gasteiger partial charge in [-0.2, -0.15) is 0 Å². The largest absolute Gasteiger partial charge is 0.481 e. The van der Waals surface area contributed by atoms with Crippen molar-refractivity contribution in [2.24, 2.45) is 35.0 Å². The number of ether oxygens (including phenoxy) is 2. The number of benzene rings is 1. The minimum absolute atomic E-state index is 0.000951. The fraction of sp³-hybridized carbons (Fsp3) is 0.776. The van der Waals surface area contributed by atoms with Crippen LogP contribution in [0.15, 0.2) is 30.3 Å². The van der Waals surface area contributed by atoms with E-state index in [0.717, 1.165) is 37.8 Å². The second-order valence-electron chi connectivity index (χ2n) is 20.1. The highest BCUT2D eigenvalue weighted by Gasteiger charge is 2.43. The number of hydrogen-bond acceptors (Lipinski definition) is 8. The third-order valence-corrected chi connectivity index (χ3v) is 12.9. The number of carbonyl (C=O) groups is 5. The molecular formula is C49H85N5O8. The van der Waals surface area contributed by atoms with E-state index >= 15 is 0 Å². The summed E-state index contributed by atoms with van der Waals surface area (Å²) in [4.78, 5) is 74.1. The maximum atomic E-state index is 14.6. The van der Waals surface area contributed by atoms with Crippen molar-refractivity contribution in [3.8, 4) is 0 Å². The van der Waals surface area contributed by atoms with Gasteiger partial charge in [0.25, 0.3) is 0 Å². The van der Waals surface area contributed by atoms with Gasteiger partial charge in [-0.25, -0.2) is 0 Å². The van der Waals surface area contributed by atoms with Gasteiger partial charge in [0.1, 0.15) is 6.04 Å². The molecule has 1 fully saturated rings. The normalized spacial score (nSPS) is 19.0. The maximum Gasteiger partial charge on any atom is 0.305 e. The van der Waals surface area contributed by atoms with E-state index in [-0.39, 0.29) is 59.6 Å². The van der Waals surface area contributed by atoms with Gasteiger partial charge < -0.3 is 35.0 Å². The summed E-state index contributed by atoms with van der Waals surface area (Å²) in [7, 11) is 6.83. The summed E-state index contributed by atoms with van der Waals surface area (Å²) < 4.78 is 12.0. The Morgan fingerprint density at radius 1 is 0.887 bits per heavy atom. The molecule has 2 rings (SSSR count). The van der Waals surface area contributed by atoms with E-state index in [2.05, 4.69) is 43.2 Å². The predicted molar refractivity (Wildman–Crippen MR) is 246 cm³/mol. The Kier molecular flexibility index (Phi) is 22.6. The Morgan fingerprint density at radius 2 is 1.52 bits per heavy atom. The third-order valence-electron chi connectivity index (χ3n) is 12.9. The third kappa shape index (κ3) is 16.5. The molecular weight excluding hydrogens is 787 g/mol. The van der Waals surface area contributed by atoms with Crippen LogP contribution in [0.25, 0.3) is 0 Å². The second kappa shape index (κ2) is 25.7. The molecule has 1 aromatic carbocycles. The van der Waals surface area contributed by atoms with Crippen molar-refractivity contribution in [3.63, 3.8) is 0 Å². The first-order chi connectivity index (χ1) is 29.0. The Hall–Kier alpha value is -3.55. The fourth-order valence-corrected chi connectivity index (χ4v) is 9.62. The van der Waals surface area contributed by atoms with E-state index in [1.165, 1.54) is 7.11 Å². The molecule has 1 aliphatic rings. The van der Waals surface area contributed by atoms with Crippen molar-refractivity contribution < 1.29 is 38.6 Å². The number of amides is 4. The van der Waals surface area contributed by atoms with Crippen molar-refractivity contribution in [2.45, 2.75) is 170 Å². The van der Waals surface area contributed by atoms with Gasteiger partial charge in [-0.15, -0.1) is 0 Å². The number of likely N-dealkylation sites (N-methyl/N-ethyl adjacent to an activating group) is 2.